The summed E-state index contributed by atoms with van der Waals surface area (Å²) in [4.78, 5) is 44.4. The zero-order valence-corrected chi connectivity index (χ0v) is 20.4. The number of aryl methyl sites for hydroxylation is 1. The number of hydrogen-bond donors (Lipinski definition) is 0. The Kier molecular flexibility index (Phi) is 14.4. The Labute approximate surface area is 193 Å². The van der Waals surface area contributed by atoms with Gasteiger partial charge in [0.25, 0.3) is 0 Å². The predicted molar refractivity (Wildman–Crippen MR) is 120 cm³/mol. The van der Waals surface area contributed by atoms with Crippen molar-refractivity contribution in [2.24, 2.45) is 5.10 Å². The molecule has 0 N–H and O–H groups in total. The Morgan fingerprint density at radius 3 is 2.00 bits per heavy atom. The summed E-state index contributed by atoms with van der Waals surface area (Å²) < 4.78 is 4.39. The van der Waals surface area contributed by atoms with E-state index >= 15 is 0 Å². The Morgan fingerprint density at radius 1 is 1.00 bits per heavy atom. The Balaban J connectivity index is 0.000000452. The fourth-order valence-corrected chi connectivity index (χ4v) is 2.18. The van der Waals surface area contributed by atoms with Gasteiger partial charge in [-0.25, -0.2) is 9.64 Å². The maximum absolute atomic E-state index is 11.1. The largest absolute Gasteiger partial charge is 0.300 e. The van der Waals surface area contributed by atoms with Crippen LogP contribution >= 0.6 is 0 Å². The van der Waals surface area contributed by atoms with Crippen molar-refractivity contribution >= 4 is 29.0 Å². The number of aromatic nitrogens is 5. The minimum Gasteiger partial charge on any atom is -0.300 e. The Bertz CT molecular complexity index is 919. The van der Waals surface area contributed by atoms with Crippen molar-refractivity contribution in [1.82, 2.24) is 30.3 Å². The van der Waals surface area contributed by atoms with Crippen LogP contribution in [-0.4, -0.2) is 65.8 Å². The van der Waals surface area contributed by atoms with E-state index in [9.17, 15) is 19.2 Å². The molecule has 0 radical (unpaired) electrons. The van der Waals surface area contributed by atoms with E-state index in [1.165, 1.54) is 23.7 Å². The lowest BCUT2D eigenvalue weighted by molar-refractivity contribution is -0.133. The van der Waals surface area contributed by atoms with E-state index in [1.807, 2.05) is 13.8 Å². The standard InChI is InChI=1S/C8H12N2O2.C6H8N2O2.C5H7N3O.C2H6/c1-3-7(11)5-10-8(12)4-6(2)9-10;1-4(9)3-6-5(2)7-10-8-6;1-5(9)4-8-6-2-3-7-8;1-2/h3-5H2,1-2H3;3H2,1-2H3;2-3H,4H2,1H3;1-2H3. The number of Topliss-reactive ketones (excluding diaryl/α,β-unsaturated/α-hetero) is 3. The molecule has 3 heterocycles. The summed E-state index contributed by atoms with van der Waals surface area (Å²) in [5, 5.41) is 19.8. The van der Waals surface area contributed by atoms with Gasteiger partial charge in [-0.1, -0.05) is 31.1 Å². The molecule has 0 bridgehead atoms. The minimum atomic E-state index is -0.0747. The van der Waals surface area contributed by atoms with Crippen LogP contribution < -0.4 is 0 Å². The maximum atomic E-state index is 11.1. The molecule has 0 atom stereocenters. The Morgan fingerprint density at radius 2 is 1.61 bits per heavy atom. The molecule has 0 fully saturated rings. The summed E-state index contributed by atoms with van der Waals surface area (Å²) >= 11 is 0. The SMILES string of the molecule is CC.CC(=O)Cc1nonc1C.CC(=O)Cn1nccn1.CCC(=O)CN1N=C(C)CC1=O. The molecular formula is C21H33N7O5. The lowest BCUT2D eigenvalue weighted by atomic mass is 10.2. The lowest BCUT2D eigenvalue weighted by Crippen LogP contribution is -2.27. The van der Waals surface area contributed by atoms with Gasteiger partial charge in [0.15, 0.2) is 11.6 Å². The molecular weight excluding hydrogens is 430 g/mol. The normalized spacial score (nSPS) is 11.8. The van der Waals surface area contributed by atoms with Crippen LogP contribution in [0.4, 0.5) is 0 Å². The third-order valence-electron chi connectivity index (χ3n) is 3.70. The van der Waals surface area contributed by atoms with Crippen LogP contribution in [0.2, 0.25) is 0 Å². The highest BCUT2D eigenvalue weighted by Gasteiger charge is 2.22. The maximum Gasteiger partial charge on any atom is 0.248 e. The van der Waals surface area contributed by atoms with Crippen LogP contribution in [0.15, 0.2) is 22.1 Å². The van der Waals surface area contributed by atoms with Gasteiger partial charge in [0.05, 0.1) is 25.2 Å². The van der Waals surface area contributed by atoms with E-state index < -0.39 is 0 Å². The highest BCUT2D eigenvalue weighted by Crippen LogP contribution is 2.07. The molecule has 3 rings (SSSR count). The molecule has 0 saturated heterocycles. The summed E-state index contributed by atoms with van der Waals surface area (Å²) in [6.45, 7) is 12.7. The van der Waals surface area contributed by atoms with Crippen molar-refractivity contribution in [1.29, 1.82) is 0 Å². The van der Waals surface area contributed by atoms with E-state index in [2.05, 4.69) is 30.2 Å². The lowest BCUT2D eigenvalue weighted by Gasteiger charge is -2.08. The smallest absolute Gasteiger partial charge is 0.248 e. The number of carbonyl (C=O) groups excluding carboxylic acids is 4. The third-order valence-corrected chi connectivity index (χ3v) is 3.70. The van der Waals surface area contributed by atoms with Gasteiger partial charge >= 0.3 is 0 Å². The van der Waals surface area contributed by atoms with E-state index in [4.69, 9.17) is 0 Å². The van der Waals surface area contributed by atoms with Gasteiger partial charge in [0, 0.05) is 12.1 Å². The van der Waals surface area contributed by atoms with Gasteiger partial charge in [-0.05, 0) is 27.7 Å². The first-order valence-corrected chi connectivity index (χ1v) is 10.6. The molecule has 12 heteroatoms. The molecule has 0 aromatic carbocycles. The molecule has 33 heavy (non-hydrogen) atoms. The van der Waals surface area contributed by atoms with E-state index in [1.54, 1.807) is 33.2 Å². The average Bonchev–Trinajstić information content (AvgIpc) is 3.47. The minimum absolute atomic E-state index is 0.0433. The van der Waals surface area contributed by atoms with Gasteiger partial charge in [0.2, 0.25) is 5.91 Å². The first-order chi connectivity index (χ1) is 15.6. The fourth-order valence-electron chi connectivity index (χ4n) is 2.18. The van der Waals surface area contributed by atoms with Crippen molar-refractivity contribution in [3.8, 4) is 0 Å². The van der Waals surface area contributed by atoms with Crippen LogP contribution in [0.5, 0.6) is 0 Å². The fraction of sp³-hybridized carbons (Fsp3) is 0.571. The van der Waals surface area contributed by atoms with Crippen molar-refractivity contribution in [3.63, 3.8) is 0 Å². The first kappa shape index (κ1) is 29.4. The molecule has 2 aromatic rings. The number of rotatable bonds is 7. The molecule has 1 amide bonds. The van der Waals surface area contributed by atoms with Crippen molar-refractivity contribution < 1.29 is 23.8 Å². The highest BCUT2D eigenvalue weighted by molar-refractivity contribution is 6.04. The van der Waals surface area contributed by atoms with Crippen LogP contribution in [0.25, 0.3) is 0 Å². The number of amides is 1. The van der Waals surface area contributed by atoms with Crippen molar-refractivity contribution in [2.45, 2.75) is 74.3 Å². The number of carbonyl (C=O) groups is 4. The predicted octanol–water partition coefficient (Wildman–Crippen LogP) is 1.98. The highest BCUT2D eigenvalue weighted by atomic mass is 16.6. The molecule has 0 spiro atoms. The second-order valence-electron chi connectivity index (χ2n) is 6.79. The Hall–Kier alpha value is -3.57. The number of ketones is 3. The zero-order valence-electron chi connectivity index (χ0n) is 20.4. The first-order valence-electron chi connectivity index (χ1n) is 10.6. The van der Waals surface area contributed by atoms with Crippen LogP contribution in [0.1, 0.15) is 65.8 Å². The van der Waals surface area contributed by atoms with Gasteiger partial charge in [-0.15, -0.1) is 0 Å². The van der Waals surface area contributed by atoms with Crippen LogP contribution in [0.3, 0.4) is 0 Å². The quantitative estimate of drug-likeness (QED) is 0.599. The molecule has 0 aliphatic carbocycles. The van der Waals surface area contributed by atoms with Crippen molar-refractivity contribution in [2.75, 3.05) is 6.54 Å². The molecule has 2 aromatic heterocycles. The summed E-state index contributed by atoms with van der Waals surface area (Å²) in [7, 11) is 0. The number of hydrogen-bond acceptors (Lipinski definition) is 10. The summed E-state index contributed by atoms with van der Waals surface area (Å²) in [6.07, 6.45) is 4.22. The van der Waals surface area contributed by atoms with Crippen LogP contribution in [0, 0.1) is 6.92 Å². The second-order valence-corrected chi connectivity index (χ2v) is 6.79. The molecule has 0 saturated carbocycles. The molecule has 182 valence electrons. The van der Waals surface area contributed by atoms with Crippen molar-refractivity contribution in [3.05, 3.63) is 23.8 Å². The third kappa shape index (κ3) is 12.8. The monoisotopic (exact) mass is 463 g/mol. The summed E-state index contributed by atoms with van der Waals surface area (Å²) in [6, 6.07) is 0. The molecule has 1 aliphatic rings. The van der Waals surface area contributed by atoms with E-state index in [0.717, 1.165) is 5.71 Å². The zero-order chi connectivity index (χ0) is 25.4. The van der Waals surface area contributed by atoms with E-state index in [-0.39, 0.29) is 36.3 Å². The van der Waals surface area contributed by atoms with Gasteiger partial charge in [-0.2, -0.15) is 20.1 Å². The topological polar surface area (TPSA) is 154 Å². The van der Waals surface area contributed by atoms with E-state index in [0.29, 0.717) is 30.7 Å². The van der Waals surface area contributed by atoms with Gasteiger partial charge < -0.3 is 0 Å². The van der Waals surface area contributed by atoms with Crippen LogP contribution in [-0.2, 0) is 32.1 Å². The second kappa shape index (κ2) is 16.1. The van der Waals surface area contributed by atoms with Gasteiger partial charge in [-0.3, -0.25) is 19.2 Å². The summed E-state index contributed by atoms with van der Waals surface area (Å²) in [5.74, 6) is 0.0982. The summed E-state index contributed by atoms with van der Waals surface area (Å²) in [5.41, 5.74) is 2.10. The average molecular weight is 464 g/mol. The van der Waals surface area contributed by atoms with Gasteiger partial charge in [0.1, 0.15) is 30.3 Å². The number of nitrogens with zero attached hydrogens (tertiary/aromatic N) is 7. The molecule has 0 unspecified atom stereocenters. The molecule has 1 aliphatic heterocycles. The molecule has 12 nitrogen and oxygen atoms in total. The number of hydrazone groups is 1.